The number of nitrogens with one attached hydrogen (secondary N) is 1. The molecule has 1 aromatic heterocycles. The van der Waals surface area contributed by atoms with E-state index in [1.165, 1.54) is 0 Å². The second kappa shape index (κ2) is 7.15. The van der Waals surface area contributed by atoms with Crippen molar-refractivity contribution in [2.75, 3.05) is 7.11 Å². The molecule has 2 aromatic rings. The van der Waals surface area contributed by atoms with Gasteiger partial charge in [0.15, 0.2) is 0 Å². The molecule has 2 rings (SSSR count). The lowest BCUT2D eigenvalue weighted by atomic mass is 10.1. The number of hydrogen-bond donors (Lipinski definition) is 3. The molecule has 0 spiro atoms. The summed E-state index contributed by atoms with van der Waals surface area (Å²) in [5.41, 5.74) is 0.758. The van der Waals surface area contributed by atoms with Crippen LogP contribution in [0.1, 0.15) is 30.8 Å². The van der Waals surface area contributed by atoms with Crippen LogP contribution in [0.15, 0.2) is 41.0 Å². The first-order valence-electron chi connectivity index (χ1n) is 6.91. The van der Waals surface area contributed by atoms with E-state index >= 15 is 0 Å². The molecule has 114 valence electrons. The fourth-order valence-corrected chi connectivity index (χ4v) is 2.13. The molecule has 0 aliphatic rings. The van der Waals surface area contributed by atoms with E-state index in [2.05, 4.69) is 5.32 Å². The Morgan fingerprint density at radius 1 is 1.33 bits per heavy atom. The average molecular weight is 291 g/mol. The van der Waals surface area contributed by atoms with Crippen LogP contribution in [-0.4, -0.2) is 23.4 Å². The number of hydrogen-bond acceptors (Lipinski definition) is 5. The maximum atomic E-state index is 10.0. The molecule has 0 radical (unpaired) electrons. The van der Waals surface area contributed by atoms with Gasteiger partial charge in [-0.25, -0.2) is 0 Å². The van der Waals surface area contributed by atoms with Crippen molar-refractivity contribution < 1.29 is 19.4 Å². The van der Waals surface area contributed by atoms with Gasteiger partial charge in [0.1, 0.15) is 23.4 Å². The Morgan fingerprint density at radius 2 is 2.14 bits per heavy atom. The normalized spacial score (nSPS) is 13.9. The molecular weight excluding hydrogens is 270 g/mol. The number of aliphatic hydroxyl groups excluding tert-OH is 1. The third-order valence-corrected chi connectivity index (χ3v) is 3.38. The van der Waals surface area contributed by atoms with Gasteiger partial charge >= 0.3 is 0 Å². The van der Waals surface area contributed by atoms with Crippen molar-refractivity contribution in [1.82, 2.24) is 5.32 Å². The molecular formula is C16H21NO4. The molecule has 1 heterocycles. The summed E-state index contributed by atoms with van der Waals surface area (Å²) in [4.78, 5) is 0. The Kier molecular flexibility index (Phi) is 5.25. The standard InChI is InChI=1S/C16H21NO4/c1-11(8-15(19)16-4-3-7-21-16)17-10-12-9-13(20-2)5-6-14(12)18/h3-7,9,11,15,17-19H,8,10H2,1-2H3. The van der Waals surface area contributed by atoms with Crippen molar-refractivity contribution in [1.29, 1.82) is 0 Å². The lowest BCUT2D eigenvalue weighted by molar-refractivity contribution is 0.128. The number of methoxy groups -OCH3 is 1. The SMILES string of the molecule is COc1ccc(O)c(CNC(C)CC(O)c2ccco2)c1. The fraction of sp³-hybridized carbons (Fsp3) is 0.375. The van der Waals surface area contributed by atoms with Crippen LogP contribution in [0.5, 0.6) is 11.5 Å². The fourth-order valence-electron chi connectivity index (χ4n) is 2.13. The van der Waals surface area contributed by atoms with Crippen LogP contribution in [0, 0.1) is 0 Å². The van der Waals surface area contributed by atoms with Gasteiger partial charge in [-0.2, -0.15) is 0 Å². The first-order valence-corrected chi connectivity index (χ1v) is 6.91. The molecule has 2 atom stereocenters. The van der Waals surface area contributed by atoms with Crippen LogP contribution in [0.25, 0.3) is 0 Å². The van der Waals surface area contributed by atoms with E-state index < -0.39 is 6.10 Å². The van der Waals surface area contributed by atoms with Crippen molar-refractivity contribution in [3.05, 3.63) is 47.9 Å². The number of phenols is 1. The van der Waals surface area contributed by atoms with E-state index in [0.29, 0.717) is 24.5 Å². The van der Waals surface area contributed by atoms with E-state index in [-0.39, 0.29) is 11.8 Å². The summed E-state index contributed by atoms with van der Waals surface area (Å²) in [6.07, 6.45) is 1.44. The number of aromatic hydroxyl groups is 1. The molecule has 0 aliphatic carbocycles. The minimum Gasteiger partial charge on any atom is -0.508 e. The number of rotatable bonds is 7. The van der Waals surface area contributed by atoms with E-state index in [1.54, 1.807) is 43.7 Å². The quantitative estimate of drug-likeness (QED) is 0.731. The first kappa shape index (κ1) is 15.4. The van der Waals surface area contributed by atoms with Crippen molar-refractivity contribution in [2.24, 2.45) is 0 Å². The van der Waals surface area contributed by atoms with Crippen LogP contribution < -0.4 is 10.1 Å². The smallest absolute Gasteiger partial charge is 0.132 e. The summed E-state index contributed by atoms with van der Waals surface area (Å²) < 4.78 is 10.3. The monoisotopic (exact) mass is 291 g/mol. The highest BCUT2D eigenvalue weighted by Gasteiger charge is 2.15. The minimum absolute atomic E-state index is 0.0655. The van der Waals surface area contributed by atoms with Crippen LogP contribution in [0.4, 0.5) is 0 Å². The third-order valence-electron chi connectivity index (χ3n) is 3.38. The van der Waals surface area contributed by atoms with E-state index in [9.17, 15) is 10.2 Å². The highest BCUT2D eigenvalue weighted by atomic mass is 16.5. The number of phenolic OH excluding ortho intramolecular Hbond substituents is 1. The highest BCUT2D eigenvalue weighted by molar-refractivity contribution is 5.39. The van der Waals surface area contributed by atoms with Crippen LogP contribution >= 0.6 is 0 Å². The Labute approximate surface area is 124 Å². The number of aliphatic hydroxyl groups is 1. The summed E-state index contributed by atoms with van der Waals surface area (Å²) in [6.45, 7) is 2.47. The van der Waals surface area contributed by atoms with Crippen LogP contribution in [-0.2, 0) is 6.54 Å². The Morgan fingerprint density at radius 3 is 2.81 bits per heavy atom. The van der Waals surface area contributed by atoms with Gasteiger partial charge in [0.25, 0.3) is 0 Å². The van der Waals surface area contributed by atoms with Crippen LogP contribution in [0.3, 0.4) is 0 Å². The maximum Gasteiger partial charge on any atom is 0.132 e. The van der Waals surface area contributed by atoms with Crippen LogP contribution in [0.2, 0.25) is 0 Å². The van der Waals surface area contributed by atoms with Crippen molar-refractivity contribution in [2.45, 2.75) is 32.0 Å². The van der Waals surface area contributed by atoms with Crippen molar-refractivity contribution in [3.8, 4) is 11.5 Å². The molecule has 0 bridgehead atoms. The van der Waals surface area contributed by atoms with Gasteiger partial charge in [-0.1, -0.05) is 0 Å². The predicted octanol–water partition coefficient (Wildman–Crippen LogP) is 2.60. The van der Waals surface area contributed by atoms with Crippen molar-refractivity contribution >= 4 is 0 Å². The topological polar surface area (TPSA) is 74.9 Å². The summed E-state index contributed by atoms with van der Waals surface area (Å²) >= 11 is 0. The molecule has 5 nitrogen and oxygen atoms in total. The third kappa shape index (κ3) is 4.24. The predicted molar refractivity (Wildman–Crippen MR) is 79.2 cm³/mol. The molecule has 0 aliphatic heterocycles. The molecule has 5 heteroatoms. The second-order valence-corrected chi connectivity index (χ2v) is 5.04. The lowest BCUT2D eigenvalue weighted by Gasteiger charge is -2.17. The van der Waals surface area contributed by atoms with E-state index in [0.717, 1.165) is 5.56 Å². The number of ether oxygens (including phenoxy) is 1. The Bertz CT molecular complexity index is 553. The maximum absolute atomic E-state index is 10.0. The molecule has 0 saturated carbocycles. The summed E-state index contributed by atoms with van der Waals surface area (Å²) in [5, 5.41) is 23.1. The first-order chi connectivity index (χ1) is 10.1. The summed E-state index contributed by atoms with van der Waals surface area (Å²) in [6, 6.07) is 8.69. The van der Waals surface area contributed by atoms with Crippen molar-refractivity contribution in [3.63, 3.8) is 0 Å². The van der Waals surface area contributed by atoms with Gasteiger partial charge in [-0.05, 0) is 43.7 Å². The zero-order chi connectivity index (χ0) is 15.2. The van der Waals surface area contributed by atoms with Gasteiger partial charge in [0.05, 0.1) is 13.4 Å². The van der Waals surface area contributed by atoms with Gasteiger partial charge < -0.3 is 24.7 Å². The summed E-state index contributed by atoms with van der Waals surface area (Å²) in [7, 11) is 1.59. The average Bonchev–Trinajstić information content (AvgIpc) is 3.00. The van der Waals surface area contributed by atoms with Gasteiger partial charge in [-0.15, -0.1) is 0 Å². The molecule has 21 heavy (non-hydrogen) atoms. The minimum atomic E-state index is -0.638. The Balaban J connectivity index is 1.87. The van der Waals surface area contributed by atoms with E-state index in [4.69, 9.17) is 9.15 Å². The second-order valence-electron chi connectivity index (χ2n) is 5.04. The largest absolute Gasteiger partial charge is 0.508 e. The molecule has 3 N–H and O–H groups in total. The molecule has 0 amide bonds. The molecule has 2 unspecified atom stereocenters. The van der Waals surface area contributed by atoms with Gasteiger partial charge in [0, 0.05) is 18.2 Å². The van der Waals surface area contributed by atoms with E-state index in [1.807, 2.05) is 6.92 Å². The lowest BCUT2D eigenvalue weighted by Crippen LogP contribution is -2.27. The van der Waals surface area contributed by atoms with Gasteiger partial charge in [0.2, 0.25) is 0 Å². The summed E-state index contributed by atoms with van der Waals surface area (Å²) in [5.74, 6) is 1.49. The zero-order valence-corrected chi connectivity index (χ0v) is 12.2. The number of benzene rings is 1. The Hall–Kier alpha value is -1.98. The van der Waals surface area contributed by atoms with Gasteiger partial charge in [-0.3, -0.25) is 0 Å². The zero-order valence-electron chi connectivity index (χ0n) is 12.2. The highest BCUT2D eigenvalue weighted by Crippen LogP contribution is 2.23. The number of furan rings is 1. The molecule has 0 saturated heterocycles. The molecule has 0 fully saturated rings. The molecule has 1 aromatic carbocycles.